The average Bonchev–Trinajstić information content (AvgIpc) is 3.37. The molecule has 0 aliphatic carbocycles. The van der Waals surface area contributed by atoms with Gasteiger partial charge in [0.2, 0.25) is 0 Å². The molecule has 1 heterocycles. The Hall–Kier alpha value is -4.43. The third-order valence-electron chi connectivity index (χ3n) is 4.69. The van der Waals surface area contributed by atoms with E-state index in [-0.39, 0.29) is 13.0 Å². The molecule has 0 aromatic heterocycles. The van der Waals surface area contributed by atoms with Crippen molar-refractivity contribution in [2.75, 3.05) is 31.1 Å². The number of carbonyl (C=O) groups is 2. The number of aliphatic hydroxyl groups is 1. The fraction of sp³-hybridized carbons (Fsp3) is 0.261. The van der Waals surface area contributed by atoms with Gasteiger partial charge in [-0.05, 0) is 29.8 Å². The molecule has 11 heteroatoms. The van der Waals surface area contributed by atoms with Crippen molar-refractivity contribution in [3.63, 3.8) is 0 Å². The van der Waals surface area contributed by atoms with E-state index in [9.17, 15) is 9.59 Å². The van der Waals surface area contributed by atoms with Crippen LogP contribution in [0.5, 0.6) is 5.75 Å². The molecule has 1 atom stereocenters. The molecule has 3 amide bonds. The van der Waals surface area contributed by atoms with E-state index in [1.807, 2.05) is 6.07 Å². The van der Waals surface area contributed by atoms with Gasteiger partial charge in [0, 0.05) is 30.2 Å². The minimum Gasteiger partial charge on any atom is -0.496 e. The van der Waals surface area contributed by atoms with Crippen LogP contribution in [0.25, 0.3) is 5.76 Å². The summed E-state index contributed by atoms with van der Waals surface area (Å²) in [5, 5.41) is 28.7. The standard InChI is InChI=1S/C23H25N5O6/c1-32-20-10-17(5-6-19(20)21-12-25-14-33-21)28-22(30)27-16-4-2-3-15(9-16)11-26-23(31)34-18(13-29)7-8-24/h2-6,9-10,12,18,25,29H,7,11,13-14H2,1H3,(H,26,31)(H2,27,28,30)/t18-/m1/s1. The largest absolute Gasteiger partial charge is 0.496 e. The molecule has 0 unspecified atom stereocenters. The highest BCUT2D eigenvalue weighted by atomic mass is 16.6. The quantitative estimate of drug-likeness (QED) is 0.377. The second-order valence-electron chi connectivity index (χ2n) is 7.12. The van der Waals surface area contributed by atoms with Crippen LogP contribution in [0, 0.1) is 11.3 Å². The lowest BCUT2D eigenvalue weighted by atomic mass is 10.1. The highest BCUT2D eigenvalue weighted by Gasteiger charge is 2.15. The molecule has 178 valence electrons. The molecular weight excluding hydrogens is 442 g/mol. The number of nitrogens with zero attached hydrogens (tertiary/aromatic N) is 1. The first-order valence-corrected chi connectivity index (χ1v) is 10.4. The molecular formula is C23H25N5O6. The SMILES string of the molecule is COc1cc(NC(=O)Nc2cccc(CNC(=O)O[C@@H](CO)CC#N)c2)ccc1C1=CNCO1. The third-order valence-corrected chi connectivity index (χ3v) is 4.69. The number of methoxy groups -OCH3 is 1. The Morgan fingerprint density at radius 2 is 2.03 bits per heavy atom. The Labute approximate surface area is 196 Å². The molecule has 0 fully saturated rings. The average molecular weight is 467 g/mol. The molecule has 0 spiro atoms. The van der Waals surface area contributed by atoms with E-state index in [0.717, 1.165) is 5.56 Å². The molecule has 11 nitrogen and oxygen atoms in total. The van der Waals surface area contributed by atoms with Crippen LogP contribution in [0.1, 0.15) is 17.5 Å². The van der Waals surface area contributed by atoms with Crippen LogP contribution in [0.15, 0.2) is 48.7 Å². The Morgan fingerprint density at radius 1 is 1.24 bits per heavy atom. The van der Waals surface area contributed by atoms with Gasteiger partial charge < -0.3 is 40.6 Å². The summed E-state index contributed by atoms with van der Waals surface area (Å²) in [7, 11) is 1.54. The zero-order valence-electron chi connectivity index (χ0n) is 18.5. The minimum absolute atomic E-state index is 0.101. The molecule has 0 saturated carbocycles. The van der Waals surface area contributed by atoms with E-state index in [4.69, 9.17) is 24.6 Å². The summed E-state index contributed by atoms with van der Waals surface area (Å²) in [6.45, 7) is 0.0834. The molecule has 0 saturated heterocycles. The highest BCUT2D eigenvalue weighted by Crippen LogP contribution is 2.30. The van der Waals surface area contributed by atoms with Crippen molar-refractivity contribution in [1.29, 1.82) is 5.26 Å². The van der Waals surface area contributed by atoms with Crippen molar-refractivity contribution in [1.82, 2.24) is 10.6 Å². The van der Waals surface area contributed by atoms with Gasteiger partial charge in [0.1, 0.15) is 17.6 Å². The van der Waals surface area contributed by atoms with Gasteiger partial charge in [0.05, 0.1) is 31.8 Å². The fourth-order valence-corrected chi connectivity index (χ4v) is 3.09. The Kier molecular flexibility index (Phi) is 8.54. The summed E-state index contributed by atoms with van der Waals surface area (Å²) in [4.78, 5) is 24.3. The van der Waals surface area contributed by atoms with Crippen molar-refractivity contribution < 1.29 is 28.9 Å². The number of alkyl carbamates (subject to hydrolysis) is 1. The number of amides is 3. The number of ether oxygens (including phenoxy) is 3. The number of hydrogen-bond acceptors (Lipinski definition) is 8. The van der Waals surface area contributed by atoms with Crippen LogP contribution >= 0.6 is 0 Å². The summed E-state index contributed by atoms with van der Waals surface area (Å²) >= 11 is 0. The van der Waals surface area contributed by atoms with Gasteiger partial charge in [0.25, 0.3) is 0 Å². The second kappa shape index (κ2) is 12.0. The first kappa shape index (κ1) is 24.2. The predicted octanol–water partition coefficient (Wildman–Crippen LogP) is 2.72. The maximum absolute atomic E-state index is 12.5. The maximum Gasteiger partial charge on any atom is 0.407 e. The smallest absolute Gasteiger partial charge is 0.407 e. The number of urea groups is 1. The number of nitrogens with one attached hydrogen (secondary N) is 4. The van der Waals surface area contributed by atoms with Crippen LogP contribution in [0.4, 0.5) is 21.0 Å². The normalized spacial score (nSPS) is 12.8. The van der Waals surface area contributed by atoms with E-state index >= 15 is 0 Å². The van der Waals surface area contributed by atoms with Crippen molar-refractivity contribution >= 4 is 29.3 Å². The summed E-state index contributed by atoms with van der Waals surface area (Å²) in [5.41, 5.74) is 2.51. The zero-order valence-corrected chi connectivity index (χ0v) is 18.5. The number of nitriles is 1. The Bertz CT molecular complexity index is 1100. The van der Waals surface area contributed by atoms with Crippen molar-refractivity contribution in [3.8, 4) is 11.8 Å². The lowest BCUT2D eigenvalue weighted by Crippen LogP contribution is -2.30. The second-order valence-corrected chi connectivity index (χ2v) is 7.12. The summed E-state index contributed by atoms with van der Waals surface area (Å²) < 4.78 is 15.8. The summed E-state index contributed by atoms with van der Waals surface area (Å²) in [6, 6.07) is 13.5. The Morgan fingerprint density at radius 3 is 2.71 bits per heavy atom. The molecule has 34 heavy (non-hydrogen) atoms. The molecule has 5 N–H and O–H groups in total. The van der Waals surface area contributed by atoms with Crippen molar-refractivity contribution in [2.45, 2.75) is 19.1 Å². The molecule has 0 bridgehead atoms. The van der Waals surface area contributed by atoms with Gasteiger partial charge in [-0.3, -0.25) is 0 Å². The van der Waals surface area contributed by atoms with Gasteiger partial charge in [0.15, 0.2) is 6.73 Å². The molecule has 2 aromatic rings. The monoisotopic (exact) mass is 467 g/mol. The van der Waals surface area contributed by atoms with Gasteiger partial charge in [-0.25, -0.2) is 9.59 Å². The first-order valence-electron chi connectivity index (χ1n) is 10.4. The summed E-state index contributed by atoms with van der Waals surface area (Å²) in [6.07, 6.45) is 0.0117. The van der Waals surface area contributed by atoms with Crippen LogP contribution in [0.2, 0.25) is 0 Å². The molecule has 3 rings (SSSR count). The van der Waals surface area contributed by atoms with E-state index in [1.165, 1.54) is 7.11 Å². The van der Waals surface area contributed by atoms with Gasteiger partial charge in [-0.15, -0.1) is 0 Å². The van der Waals surface area contributed by atoms with Gasteiger partial charge in [-0.2, -0.15) is 5.26 Å². The number of rotatable bonds is 9. The van der Waals surface area contributed by atoms with E-state index in [2.05, 4.69) is 21.3 Å². The summed E-state index contributed by atoms with van der Waals surface area (Å²) in [5.74, 6) is 1.20. The lowest BCUT2D eigenvalue weighted by molar-refractivity contribution is 0.0600. The number of anilines is 2. The molecule has 2 aromatic carbocycles. The lowest BCUT2D eigenvalue weighted by Gasteiger charge is -2.14. The topological polar surface area (TPSA) is 154 Å². The van der Waals surface area contributed by atoms with Crippen LogP contribution in [0.3, 0.4) is 0 Å². The Balaban J connectivity index is 1.55. The predicted molar refractivity (Wildman–Crippen MR) is 124 cm³/mol. The first-order chi connectivity index (χ1) is 16.5. The van der Waals surface area contributed by atoms with Crippen LogP contribution in [-0.2, 0) is 16.0 Å². The highest BCUT2D eigenvalue weighted by molar-refractivity contribution is 6.00. The molecule has 0 radical (unpaired) electrons. The van der Waals surface area contributed by atoms with Crippen molar-refractivity contribution in [2.24, 2.45) is 0 Å². The van der Waals surface area contributed by atoms with Gasteiger partial charge >= 0.3 is 12.1 Å². The number of benzene rings is 2. The van der Waals surface area contributed by atoms with Gasteiger partial charge in [-0.1, -0.05) is 12.1 Å². The minimum atomic E-state index is -0.881. The maximum atomic E-state index is 12.5. The number of aliphatic hydroxyl groups excluding tert-OH is 1. The third kappa shape index (κ3) is 6.78. The van der Waals surface area contributed by atoms with Crippen molar-refractivity contribution in [3.05, 3.63) is 59.8 Å². The van der Waals surface area contributed by atoms with Crippen LogP contribution in [-0.4, -0.2) is 43.8 Å². The van der Waals surface area contributed by atoms with Crippen LogP contribution < -0.4 is 26.0 Å². The molecule has 1 aliphatic heterocycles. The number of hydrogen-bond donors (Lipinski definition) is 5. The van der Waals surface area contributed by atoms with E-state index in [1.54, 1.807) is 48.7 Å². The van der Waals surface area contributed by atoms with E-state index in [0.29, 0.717) is 35.2 Å². The molecule has 1 aliphatic rings. The fourth-order valence-electron chi connectivity index (χ4n) is 3.09. The zero-order chi connectivity index (χ0) is 24.3. The van der Waals surface area contributed by atoms with E-state index < -0.39 is 24.8 Å². The number of carbonyl (C=O) groups excluding carboxylic acids is 2.